The van der Waals surface area contributed by atoms with Crippen molar-refractivity contribution in [2.75, 3.05) is 27.3 Å². The molecule has 13 nitrogen and oxygen atoms in total. The van der Waals surface area contributed by atoms with Crippen LogP contribution < -0.4 is 20.1 Å². The molecule has 6 rings (SSSR count). The van der Waals surface area contributed by atoms with Crippen molar-refractivity contribution in [1.82, 2.24) is 25.4 Å². The number of fused-ring (bicyclic) bond motifs is 1. The van der Waals surface area contributed by atoms with Gasteiger partial charge in [-0.1, -0.05) is 49.3 Å². The summed E-state index contributed by atoms with van der Waals surface area (Å²) in [5, 5.41) is 5.05. The van der Waals surface area contributed by atoms with E-state index in [2.05, 4.69) is 15.6 Å². The first kappa shape index (κ1) is 44.5. The highest BCUT2D eigenvalue weighted by Gasteiger charge is 2.45. The number of halogens is 3. The van der Waals surface area contributed by atoms with Gasteiger partial charge in [0.2, 0.25) is 17.7 Å². The molecule has 324 valence electrons. The predicted octanol–water partition coefficient (Wildman–Crippen LogP) is 6.44. The summed E-state index contributed by atoms with van der Waals surface area (Å²) in [6.07, 6.45) is 5.59. The number of hydrogen-bond donors (Lipinski definition) is 2. The number of aromatic nitrogens is 1. The van der Waals surface area contributed by atoms with Crippen molar-refractivity contribution in [3.8, 4) is 11.5 Å². The van der Waals surface area contributed by atoms with Crippen molar-refractivity contribution < 1.29 is 51.4 Å². The Labute approximate surface area is 352 Å². The van der Waals surface area contributed by atoms with Crippen molar-refractivity contribution in [3.05, 3.63) is 94.3 Å². The number of piperidine rings is 1. The number of carbonyl (C=O) groups excluding carboxylic acids is 6. The molecule has 1 saturated heterocycles. The van der Waals surface area contributed by atoms with Crippen molar-refractivity contribution in [2.24, 2.45) is 11.8 Å². The lowest BCUT2D eigenvalue weighted by Gasteiger charge is -2.28. The average molecular weight is 846 g/mol. The first-order valence-corrected chi connectivity index (χ1v) is 20.6. The van der Waals surface area contributed by atoms with Crippen LogP contribution in [0.5, 0.6) is 11.5 Å². The van der Waals surface area contributed by atoms with Gasteiger partial charge >= 0.3 is 6.18 Å². The Bertz CT molecular complexity index is 2170. The van der Waals surface area contributed by atoms with E-state index in [9.17, 15) is 41.9 Å². The number of nitrogens with zero attached hydrogens (tertiary/aromatic N) is 3. The van der Waals surface area contributed by atoms with Gasteiger partial charge in [0.05, 0.1) is 43.4 Å². The fourth-order valence-corrected chi connectivity index (χ4v) is 7.85. The maximum Gasteiger partial charge on any atom is 0.391 e. The Morgan fingerprint density at radius 3 is 2.41 bits per heavy atom. The quantitative estimate of drug-likeness (QED) is 0.115. The van der Waals surface area contributed by atoms with E-state index in [0.717, 1.165) is 41.7 Å². The minimum Gasteiger partial charge on any atom is -0.495 e. The van der Waals surface area contributed by atoms with Crippen LogP contribution in [0.2, 0.25) is 0 Å². The van der Waals surface area contributed by atoms with Gasteiger partial charge in [0.15, 0.2) is 0 Å². The van der Waals surface area contributed by atoms with Crippen LogP contribution in [-0.2, 0) is 27.3 Å². The van der Waals surface area contributed by atoms with E-state index in [0.29, 0.717) is 43.1 Å². The van der Waals surface area contributed by atoms with Gasteiger partial charge in [0, 0.05) is 32.1 Å². The van der Waals surface area contributed by atoms with E-state index < -0.39 is 47.7 Å². The van der Waals surface area contributed by atoms with Gasteiger partial charge in [-0.05, 0) is 86.3 Å². The number of likely N-dealkylation sites (N-methyl/N-ethyl adjacent to an activating group) is 1. The second-order valence-electron chi connectivity index (χ2n) is 15.7. The average Bonchev–Trinajstić information content (AvgIpc) is 3.48. The number of rotatable bonds is 17. The second-order valence-corrected chi connectivity index (χ2v) is 15.7. The molecule has 1 aromatic heterocycles. The number of allylic oxidation sites excluding steroid dienone is 1. The molecule has 1 aliphatic carbocycles. The highest BCUT2D eigenvalue weighted by Crippen LogP contribution is 2.40. The van der Waals surface area contributed by atoms with E-state index in [1.54, 1.807) is 30.2 Å². The third-order valence-electron chi connectivity index (χ3n) is 11.4. The molecule has 1 atom stereocenters. The molecule has 2 fully saturated rings. The van der Waals surface area contributed by atoms with Crippen LogP contribution in [0.3, 0.4) is 0 Å². The number of imide groups is 2. The summed E-state index contributed by atoms with van der Waals surface area (Å²) in [4.78, 5) is 82.8. The zero-order valence-electron chi connectivity index (χ0n) is 34.2. The molecular weight excluding hydrogens is 796 g/mol. The normalized spacial score (nSPS) is 19.2. The van der Waals surface area contributed by atoms with Crippen LogP contribution >= 0.6 is 0 Å². The van der Waals surface area contributed by atoms with E-state index >= 15 is 0 Å². The molecule has 3 aliphatic rings. The van der Waals surface area contributed by atoms with Crippen LogP contribution in [0.15, 0.2) is 60.8 Å². The fraction of sp³-hybridized carbons (Fsp3) is 0.444. The molecule has 0 bridgehead atoms. The summed E-state index contributed by atoms with van der Waals surface area (Å²) in [5.41, 5.74) is 2.74. The highest BCUT2D eigenvalue weighted by molar-refractivity contribution is 6.23. The van der Waals surface area contributed by atoms with Crippen LogP contribution in [0.25, 0.3) is 6.08 Å². The third kappa shape index (κ3) is 11.4. The first-order valence-electron chi connectivity index (χ1n) is 20.6. The minimum atomic E-state index is -4.16. The molecule has 2 aliphatic heterocycles. The lowest BCUT2D eigenvalue weighted by atomic mass is 9.81. The molecule has 1 saturated carbocycles. The number of nitrogens with one attached hydrogen (secondary N) is 2. The number of methoxy groups -OCH3 is 1. The maximum absolute atomic E-state index is 13.1. The topological polar surface area (TPSA) is 164 Å². The minimum absolute atomic E-state index is 0.00564. The summed E-state index contributed by atoms with van der Waals surface area (Å²) >= 11 is 0. The van der Waals surface area contributed by atoms with E-state index in [1.165, 1.54) is 25.4 Å². The zero-order chi connectivity index (χ0) is 43.7. The molecule has 0 spiro atoms. The summed E-state index contributed by atoms with van der Waals surface area (Å²) < 4.78 is 50.5. The van der Waals surface area contributed by atoms with Gasteiger partial charge in [-0.15, -0.1) is 0 Å². The van der Waals surface area contributed by atoms with Crippen LogP contribution in [0, 0.1) is 11.8 Å². The Balaban J connectivity index is 0.887. The number of amides is 6. The summed E-state index contributed by atoms with van der Waals surface area (Å²) in [6, 6.07) is 12.6. The van der Waals surface area contributed by atoms with E-state index in [4.69, 9.17) is 9.47 Å². The number of benzene rings is 2. The maximum atomic E-state index is 13.1. The Morgan fingerprint density at radius 1 is 0.934 bits per heavy atom. The second kappa shape index (κ2) is 20.0. The zero-order valence-corrected chi connectivity index (χ0v) is 34.2. The molecule has 6 amide bonds. The van der Waals surface area contributed by atoms with Gasteiger partial charge in [-0.3, -0.25) is 39.0 Å². The van der Waals surface area contributed by atoms with E-state index in [1.807, 2.05) is 30.3 Å². The van der Waals surface area contributed by atoms with Crippen LogP contribution in [0.1, 0.15) is 112 Å². The number of pyridine rings is 1. The third-order valence-corrected chi connectivity index (χ3v) is 11.4. The van der Waals surface area contributed by atoms with Gasteiger partial charge in [0.25, 0.3) is 17.7 Å². The summed E-state index contributed by atoms with van der Waals surface area (Å²) in [5.74, 6) is -3.07. The Morgan fingerprint density at radius 2 is 1.67 bits per heavy atom. The molecule has 1 unspecified atom stereocenters. The summed E-state index contributed by atoms with van der Waals surface area (Å²) in [6.45, 7) is 1.17. The van der Waals surface area contributed by atoms with Gasteiger partial charge in [-0.25, -0.2) is 4.98 Å². The molecule has 16 heteroatoms. The van der Waals surface area contributed by atoms with Gasteiger partial charge < -0.3 is 19.7 Å². The predicted molar refractivity (Wildman–Crippen MR) is 217 cm³/mol. The number of carbonyl (C=O) groups is 6. The van der Waals surface area contributed by atoms with Crippen molar-refractivity contribution in [3.63, 3.8) is 0 Å². The monoisotopic (exact) mass is 845 g/mol. The fourth-order valence-electron chi connectivity index (χ4n) is 7.85. The van der Waals surface area contributed by atoms with Crippen LogP contribution in [0.4, 0.5) is 13.2 Å². The molecule has 61 heavy (non-hydrogen) atoms. The summed E-state index contributed by atoms with van der Waals surface area (Å²) in [7, 11) is 3.25. The molecule has 3 aromatic rings. The van der Waals surface area contributed by atoms with Crippen molar-refractivity contribution in [1.29, 1.82) is 0 Å². The van der Waals surface area contributed by atoms with Crippen molar-refractivity contribution >= 4 is 41.5 Å². The number of unbranched alkanes of at least 4 members (excludes halogenated alkanes) is 3. The Hall–Kier alpha value is -6.06. The molecular formula is C45H50F3N5O8. The molecule has 2 aromatic carbocycles. The standard InChI is InChI=1S/C45H50F3N5O8/c1-52(20-5-3-4-6-21-61-33-16-17-34-35(25-33)44(59)53(43(34)58)37-18-19-39(54)51-42(37)57)40(55)23-29-8-7-9-30(22-29)26-50-41(56)36-24-31(38(60-2)27-49-36)13-10-28-11-14-32(15-12-28)45(46,47)48/h7-10,13,16-17,22,24-25,27-28,32,37H,3-6,11-12,14-15,18-21,23,26H2,1-2H3,(H,50,56)(H,51,54,57). The SMILES string of the molecule is COc1cnc(C(=O)NCc2cccc(CC(=O)N(C)CCCCCCOc3ccc4c(c3)C(=O)N(C3CCC(=O)NC3=O)C4=O)c2)cc1C=CC1CCC(C(F)(F)F)CC1. The van der Waals surface area contributed by atoms with Gasteiger partial charge in [-0.2, -0.15) is 13.2 Å². The molecule has 0 radical (unpaired) electrons. The lowest BCUT2D eigenvalue weighted by molar-refractivity contribution is -0.183. The van der Waals surface area contributed by atoms with Gasteiger partial charge in [0.1, 0.15) is 23.2 Å². The molecule has 3 heterocycles. The first-order chi connectivity index (χ1) is 29.2. The largest absolute Gasteiger partial charge is 0.495 e. The van der Waals surface area contributed by atoms with E-state index in [-0.39, 0.29) is 67.3 Å². The number of alkyl halides is 3. The number of ether oxygens (including phenoxy) is 2. The molecule has 2 N–H and O–H groups in total. The Kier molecular flexibility index (Phi) is 14.6. The lowest BCUT2D eigenvalue weighted by Crippen LogP contribution is -2.54. The van der Waals surface area contributed by atoms with Crippen LogP contribution in [-0.4, -0.2) is 89.8 Å². The smallest absolute Gasteiger partial charge is 0.391 e. The highest BCUT2D eigenvalue weighted by atomic mass is 19.4. The van der Waals surface area contributed by atoms with Crippen molar-refractivity contribution in [2.45, 2.75) is 89.4 Å². The number of hydrogen-bond acceptors (Lipinski definition) is 9.